The number of anilines is 1. The average Bonchev–Trinajstić information content (AvgIpc) is 2.66. The van der Waals surface area contributed by atoms with Crippen LogP contribution in [0.15, 0.2) is 53.4 Å². The van der Waals surface area contributed by atoms with E-state index in [1.165, 1.54) is 31.2 Å². The Morgan fingerprint density at radius 3 is 2.37 bits per heavy atom. The van der Waals surface area contributed by atoms with Crippen molar-refractivity contribution >= 4 is 27.5 Å². The molecule has 2 aromatic carbocycles. The Hall–Kier alpha value is -3.11. The second-order valence-electron chi connectivity index (χ2n) is 5.66. The maximum Gasteiger partial charge on any atom is 0.279 e. The largest absolute Gasteiger partial charge is 0.485 e. The summed E-state index contributed by atoms with van der Waals surface area (Å²) in [6.07, 6.45) is -0.996. The van der Waals surface area contributed by atoms with Crippen molar-refractivity contribution in [1.29, 1.82) is 0 Å². The molecule has 2 aromatic rings. The number of benzene rings is 2. The van der Waals surface area contributed by atoms with Gasteiger partial charge in [0.25, 0.3) is 15.9 Å². The summed E-state index contributed by atoms with van der Waals surface area (Å²) in [4.78, 5) is 25.1. The molecule has 1 atom stereocenters. The average molecular weight is 391 g/mol. The monoisotopic (exact) mass is 391 g/mol. The lowest BCUT2D eigenvalue weighted by molar-refractivity contribution is -0.130. The number of hydrogen-bond acceptors (Lipinski definition) is 6. The first-order valence-corrected chi connectivity index (χ1v) is 9.41. The predicted octanol–water partition coefficient (Wildman–Crippen LogP) is 0.795. The number of hydrazine groups is 1. The molecule has 0 spiro atoms. The molecule has 0 fully saturated rings. The first-order chi connectivity index (χ1) is 12.8. The number of nitrogens with one attached hydrogen (secondary N) is 3. The van der Waals surface area contributed by atoms with E-state index in [1.807, 2.05) is 4.83 Å². The number of ether oxygens (including phenoxy) is 2. The summed E-state index contributed by atoms with van der Waals surface area (Å²) in [6.45, 7) is 1.30. The molecule has 0 saturated heterocycles. The van der Waals surface area contributed by atoms with Gasteiger partial charge in [0.15, 0.2) is 11.5 Å². The highest BCUT2D eigenvalue weighted by Gasteiger charge is 2.28. The van der Waals surface area contributed by atoms with E-state index in [9.17, 15) is 18.0 Å². The van der Waals surface area contributed by atoms with Gasteiger partial charge in [-0.15, -0.1) is 4.83 Å². The Morgan fingerprint density at radius 1 is 1.04 bits per heavy atom. The van der Waals surface area contributed by atoms with Crippen molar-refractivity contribution in [3.63, 3.8) is 0 Å². The number of sulfonamides is 1. The molecule has 10 heteroatoms. The summed E-state index contributed by atoms with van der Waals surface area (Å²) in [5.41, 5.74) is 2.57. The number of rotatable bonds is 5. The molecule has 9 nitrogen and oxygen atoms in total. The van der Waals surface area contributed by atoms with E-state index in [4.69, 9.17) is 9.47 Å². The van der Waals surface area contributed by atoms with Crippen molar-refractivity contribution in [2.45, 2.75) is 17.9 Å². The van der Waals surface area contributed by atoms with Gasteiger partial charge in [0.1, 0.15) is 6.61 Å². The van der Waals surface area contributed by atoms with Crippen LogP contribution in [0.4, 0.5) is 5.69 Å². The van der Waals surface area contributed by atoms with Gasteiger partial charge in [-0.2, -0.15) is 0 Å². The molecular formula is C17H17N3O6S. The number of carbonyl (C=O) groups is 2. The Kier molecular flexibility index (Phi) is 5.28. The van der Waals surface area contributed by atoms with Gasteiger partial charge in [0, 0.05) is 12.6 Å². The van der Waals surface area contributed by atoms with Crippen molar-refractivity contribution in [1.82, 2.24) is 10.3 Å². The van der Waals surface area contributed by atoms with Crippen LogP contribution in [0, 0.1) is 0 Å². The van der Waals surface area contributed by atoms with Gasteiger partial charge in [-0.1, -0.05) is 12.1 Å². The van der Waals surface area contributed by atoms with E-state index < -0.39 is 22.0 Å². The molecule has 1 heterocycles. The van der Waals surface area contributed by atoms with Crippen molar-refractivity contribution in [3.8, 4) is 11.5 Å². The minimum atomic E-state index is -3.99. The lowest BCUT2D eigenvalue weighted by atomic mass is 10.2. The van der Waals surface area contributed by atoms with Crippen molar-refractivity contribution in [2.75, 3.05) is 11.9 Å². The van der Waals surface area contributed by atoms with Gasteiger partial charge >= 0.3 is 0 Å². The summed E-state index contributed by atoms with van der Waals surface area (Å²) < 4.78 is 35.5. The van der Waals surface area contributed by atoms with Crippen LogP contribution in [-0.2, 0) is 19.6 Å². The fraction of sp³-hybridized carbons (Fsp3) is 0.176. The number of carbonyl (C=O) groups excluding carboxylic acids is 2. The van der Waals surface area contributed by atoms with E-state index in [-0.39, 0.29) is 17.4 Å². The van der Waals surface area contributed by atoms with Gasteiger partial charge in [-0.25, -0.2) is 8.42 Å². The highest BCUT2D eigenvalue weighted by atomic mass is 32.2. The molecule has 0 bridgehead atoms. The number of fused-ring (bicyclic) bond motifs is 1. The molecule has 1 aliphatic heterocycles. The van der Waals surface area contributed by atoms with E-state index >= 15 is 0 Å². The lowest BCUT2D eigenvalue weighted by Crippen LogP contribution is -2.50. The van der Waals surface area contributed by atoms with Gasteiger partial charge in [-0.05, 0) is 36.4 Å². The molecule has 0 saturated carbocycles. The van der Waals surface area contributed by atoms with E-state index in [0.29, 0.717) is 17.2 Å². The summed E-state index contributed by atoms with van der Waals surface area (Å²) in [5, 5.41) is 2.53. The van der Waals surface area contributed by atoms with Crippen LogP contribution in [0.1, 0.15) is 6.92 Å². The molecular weight excluding hydrogens is 374 g/mol. The van der Waals surface area contributed by atoms with Crippen molar-refractivity contribution in [2.24, 2.45) is 0 Å². The van der Waals surface area contributed by atoms with Gasteiger partial charge in [-0.3, -0.25) is 15.0 Å². The van der Waals surface area contributed by atoms with Gasteiger partial charge < -0.3 is 14.8 Å². The molecule has 2 amide bonds. The summed E-state index contributed by atoms with van der Waals surface area (Å²) >= 11 is 0. The van der Waals surface area contributed by atoms with Crippen LogP contribution < -0.4 is 25.0 Å². The van der Waals surface area contributed by atoms with Crippen LogP contribution in [-0.4, -0.2) is 32.9 Å². The predicted molar refractivity (Wildman–Crippen MR) is 95.6 cm³/mol. The maximum atomic E-state index is 12.3. The smallest absolute Gasteiger partial charge is 0.279 e. The maximum absolute atomic E-state index is 12.3. The van der Waals surface area contributed by atoms with Gasteiger partial charge in [0.2, 0.25) is 12.0 Å². The highest BCUT2D eigenvalue weighted by Crippen LogP contribution is 2.30. The minimum absolute atomic E-state index is 0.0456. The first kappa shape index (κ1) is 18.7. The van der Waals surface area contributed by atoms with Gasteiger partial charge in [0.05, 0.1) is 4.90 Å². The van der Waals surface area contributed by atoms with Crippen molar-refractivity contribution < 1.29 is 27.5 Å². The second kappa shape index (κ2) is 7.64. The molecule has 0 unspecified atom stereocenters. The van der Waals surface area contributed by atoms with E-state index in [2.05, 4.69) is 10.7 Å². The zero-order valence-electron chi connectivity index (χ0n) is 14.3. The zero-order chi connectivity index (χ0) is 19.4. The van der Waals surface area contributed by atoms with Crippen molar-refractivity contribution in [3.05, 3.63) is 48.5 Å². The van der Waals surface area contributed by atoms with Crippen LogP contribution in [0.2, 0.25) is 0 Å². The zero-order valence-corrected chi connectivity index (χ0v) is 15.1. The molecule has 0 aromatic heterocycles. The Bertz CT molecular complexity index is 959. The van der Waals surface area contributed by atoms with Crippen LogP contribution >= 0.6 is 0 Å². The number of hydrogen-bond donors (Lipinski definition) is 3. The third-order valence-corrected chi connectivity index (χ3v) is 4.86. The molecule has 1 aliphatic rings. The number of para-hydroxylation sites is 2. The first-order valence-electron chi connectivity index (χ1n) is 7.93. The Balaban J connectivity index is 1.60. The lowest BCUT2D eigenvalue weighted by Gasteiger charge is -2.25. The number of amides is 2. The SMILES string of the molecule is CC(=O)Nc1ccc(S(=O)(=O)NNC(=O)[C@H]2COc3ccccc3O2)cc1. The molecule has 142 valence electrons. The summed E-state index contributed by atoms with van der Waals surface area (Å²) in [5.74, 6) is -0.0445. The Labute approximate surface area is 155 Å². The normalized spacial score (nSPS) is 15.7. The molecule has 0 radical (unpaired) electrons. The molecule has 27 heavy (non-hydrogen) atoms. The summed E-state index contributed by atoms with van der Waals surface area (Å²) in [7, 11) is -3.99. The standard InChI is InChI=1S/C17H17N3O6S/c1-11(21)18-12-6-8-13(9-7-12)27(23,24)20-19-17(22)16-10-25-14-4-2-3-5-15(14)26-16/h2-9,16,20H,10H2,1H3,(H,18,21)(H,19,22)/t16-/m1/s1. The van der Waals surface area contributed by atoms with E-state index in [1.54, 1.807) is 24.3 Å². The third kappa shape index (κ3) is 4.54. The van der Waals surface area contributed by atoms with Crippen LogP contribution in [0.3, 0.4) is 0 Å². The fourth-order valence-corrected chi connectivity index (χ4v) is 3.17. The van der Waals surface area contributed by atoms with E-state index in [0.717, 1.165) is 0 Å². The third-order valence-electron chi connectivity index (χ3n) is 3.59. The summed E-state index contributed by atoms with van der Waals surface area (Å²) in [6, 6.07) is 12.3. The minimum Gasteiger partial charge on any atom is -0.485 e. The molecule has 0 aliphatic carbocycles. The second-order valence-corrected chi connectivity index (χ2v) is 7.35. The quantitative estimate of drug-likeness (QED) is 0.648. The topological polar surface area (TPSA) is 123 Å². The van der Waals surface area contributed by atoms with Crippen LogP contribution in [0.5, 0.6) is 11.5 Å². The Morgan fingerprint density at radius 2 is 1.70 bits per heavy atom. The molecule has 3 rings (SSSR count). The fourth-order valence-electron chi connectivity index (χ4n) is 2.33. The molecule has 3 N–H and O–H groups in total. The van der Waals surface area contributed by atoms with Crippen LogP contribution in [0.25, 0.3) is 0 Å². The highest BCUT2D eigenvalue weighted by molar-refractivity contribution is 7.89.